The minimum atomic E-state index is -1.09. The molecule has 144 valence electrons. The van der Waals surface area contributed by atoms with E-state index in [-0.39, 0.29) is 18.7 Å². The number of aromatic nitrogens is 2. The van der Waals surface area contributed by atoms with Crippen molar-refractivity contribution < 1.29 is 24.0 Å². The number of amides is 2. The Balaban J connectivity index is 2.03. The van der Waals surface area contributed by atoms with Crippen molar-refractivity contribution in [3.63, 3.8) is 0 Å². The van der Waals surface area contributed by atoms with E-state index in [1.807, 2.05) is 0 Å². The second kappa shape index (κ2) is 8.77. The molecule has 0 aromatic carbocycles. The lowest BCUT2D eigenvalue weighted by atomic mass is 9.89. The van der Waals surface area contributed by atoms with Crippen LogP contribution in [-0.4, -0.2) is 39.1 Å². The normalized spacial score (nSPS) is 17.8. The van der Waals surface area contributed by atoms with Crippen LogP contribution in [0.15, 0.2) is 4.52 Å². The lowest BCUT2D eigenvalue weighted by Gasteiger charge is -2.30. The van der Waals surface area contributed by atoms with Gasteiger partial charge in [0.1, 0.15) is 11.6 Å². The zero-order valence-corrected chi connectivity index (χ0v) is 15.2. The van der Waals surface area contributed by atoms with Gasteiger partial charge in [0.2, 0.25) is 17.7 Å². The van der Waals surface area contributed by atoms with E-state index in [2.05, 4.69) is 20.8 Å². The number of aliphatic carboxylic acids is 1. The second-order valence-electron chi connectivity index (χ2n) is 6.82. The highest BCUT2D eigenvalue weighted by molar-refractivity contribution is 5.83. The number of nitrogens with one attached hydrogen (secondary N) is 2. The van der Waals surface area contributed by atoms with E-state index in [0.717, 1.165) is 38.5 Å². The fraction of sp³-hybridized carbons (Fsp3) is 0.706. The van der Waals surface area contributed by atoms with E-state index in [0.29, 0.717) is 11.7 Å². The molecule has 1 atom stereocenters. The molecule has 1 fully saturated rings. The third-order valence-electron chi connectivity index (χ3n) is 4.58. The summed E-state index contributed by atoms with van der Waals surface area (Å²) >= 11 is 0. The van der Waals surface area contributed by atoms with Gasteiger partial charge in [0.05, 0.1) is 0 Å². The summed E-state index contributed by atoms with van der Waals surface area (Å²) in [5, 5.41) is 18.2. The quantitative estimate of drug-likeness (QED) is 0.619. The van der Waals surface area contributed by atoms with Crippen LogP contribution >= 0.6 is 0 Å². The van der Waals surface area contributed by atoms with E-state index >= 15 is 0 Å². The zero-order valence-electron chi connectivity index (χ0n) is 15.2. The Labute approximate surface area is 151 Å². The molecule has 26 heavy (non-hydrogen) atoms. The lowest BCUT2D eigenvalue weighted by Crippen LogP contribution is -2.45. The zero-order chi connectivity index (χ0) is 19.2. The SMILES string of the molecule is CC(=O)NC1(c2noc(CCC(=O)N[C@H](C)C(=O)O)n2)CCCCCC1. The van der Waals surface area contributed by atoms with Crippen LogP contribution in [0.25, 0.3) is 0 Å². The Morgan fingerprint density at radius 2 is 1.88 bits per heavy atom. The van der Waals surface area contributed by atoms with Crippen LogP contribution in [0.5, 0.6) is 0 Å². The molecule has 3 N–H and O–H groups in total. The van der Waals surface area contributed by atoms with E-state index in [9.17, 15) is 14.4 Å². The number of hydrogen-bond donors (Lipinski definition) is 3. The van der Waals surface area contributed by atoms with Gasteiger partial charge in [0.15, 0.2) is 5.82 Å². The van der Waals surface area contributed by atoms with Crippen LogP contribution in [0, 0.1) is 0 Å². The Bertz CT molecular complexity index is 649. The molecule has 9 heteroatoms. The Morgan fingerprint density at radius 3 is 2.46 bits per heavy atom. The van der Waals surface area contributed by atoms with Gasteiger partial charge >= 0.3 is 5.97 Å². The summed E-state index contributed by atoms with van der Waals surface area (Å²) < 4.78 is 5.26. The van der Waals surface area contributed by atoms with Crippen LogP contribution in [0.1, 0.15) is 70.5 Å². The predicted molar refractivity (Wildman–Crippen MR) is 91.1 cm³/mol. The molecular formula is C17H26N4O5. The summed E-state index contributed by atoms with van der Waals surface area (Å²) in [6.07, 6.45) is 5.92. The van der Waals surface area contributed by atoms with E-state index in [4.69, 9.17) is 9.63 Å². The molecule has 1 heterocycles. The molecule has 1 aliphatic carbocycles. The van der Waals surface area contributed by atoms with Crippen molar-refractivity contribution in [2.24, 2.45) is 0 Å². The maximum Gasteiger partial charge on any atom is 0.325 e. The number of hydrogen-bond acceptors (Lipinski definition) is 6. The van der Waals surface area contributed by atoms with Crippen molar-refractivity contribution in [1.29, 1.82) is 0 Å². The number of carbonyl (C=O) groups excluding carboxylic acids is 2. The molecule has 2 amide bonds. The van der Waals surface area contributed by atoms with Crippen LogP contribution in [0.3, 0.4) is 0 Å². The fourth-order valence-corrected chi connectivity index (χ4v) is 3.22. The minimum Gasteiger partial charge on any atom is -0.480 e. The van der Waals surface area contributed by atoms with Crippen LogP contribution in [-0.2, 0) is 26.3 Å². The first-order chi connectivity index (χ1) is 12.3. The summed E-state index contributed by atoms with van der Waals surface area (Å²) in [4.78, 5) is 38.6. The molecule has 0 saturated heterocycles. The number of aryl methyl sites for hydroxylation is 1. The molecule has 2 rings (SSSR count). The summed E-state index contributed by atoms with van der Waals surface area (Å²) in [5.41, 5.74) is -0.621. The monoisotopic (exact) mass is 366 g/mol. The van der Waals surface area contributed by atoms with E-state index in [1.165, 1.54) is 13.8 Å². The highest BCUT2D eigenvalue weighted by Crippen LogP contribution is 2.34. The molecule has 1 saturated carbocycles. The van der Waals surface area contributed by atoms with Gasteiger partial charge < -0.3 is 20.3 Å². The fourth-order valence-electron chi connectivity index (χ4n) is 3.22. The molecular weight excluding hydrogens is 340 g/mol. The molecule has 0 unspecified atom stereocenters. The molecule has 0 bridgehead atoms. The first-order valence-electron chi connectivity index (χ1n) is 8.96. The number of carboxylic acid groups (broad SMARTS) is 1. The first kappa shape index (κ1) is 19.9. The third kappa shape index (κ3) is 5.27. The maximum absolute atomic E-state index is 11.8. The van der Waals surface area contributed by atoms with Gasteiger partial charge in [-0.1, -0.05) is 30.8 Å². The average molecular weight is 366 g/mol. The Morgan fingerprint density at radius 1 is 1.23 bits per heavy atom. The summed E-state index contributed by atoms with van der Waals surface area (Å²) in [6, 6.07) is -0.949. The van der Waals surface area contributed by atoms with Crippen molar-refractivity contribution in [2.75, 3.05) is 0 Å². The third-order valence-corrected chi connectivity index (χ3v) is 4.58. The number of carbonyl (C=O) groups is 3. The van der Waals surface area contributed by atoms with Gasteiger partial charge in [0, 0.05) is 19.8 Å². The molecule has 0 spiro atoms. The molecule has 0 radical (unpaired) electrons. The van der Waals surface area contributed by atoms with Gasteiger partial charge in [-0.15, -0.1) is 0 Å². The van der Waals surface area contributed by atoms with E-state index in [1.54, 1.807) is 0 Å². The smallest absolute Gasteiger partial charge is 0.325 e. The van der Waals surface area contributed by atoms with Crippen molar-refractivity contribution in [3.05, 3.63) is 11.7 Å². The number of carboxylic acids is 1. The van der Waals surface area contributed by atoms with Crippen molar-refractivity contribution in [2.45, 2.75) is 76.8 Å². The standard InChI is InChI=1S/C17H26N4O5/c1-11(15(24)25)18-13(23)7-8-14-19-16(21-26-14)17(20-12(2)22)9-5-3-4-6-10-17/h11H,3-10H2,1-2H3,(H,18,23)(H,20,22)(H,24,25)/t11-/m1/s1. The van der Waals surface area contributed by atoms with Gasteiger partial charge in [-0.3, -0.25) is 14.4 Å². The van der Waals surface area contributed by atoms with Gasteiger partial charge in [0.25, 0.3) is 0 Å². The Hall–Kier alpha value is -2.45. The van der Waals surface area contributed by atoms with Gasteiger partial charge in [-0.25, -0.2) is 0 Å². The lowest BCUT2D eigenvalue weighted by molar-refractivity contribution is -0.141. The van der Waals surface area contributed by atoms with Crippen LogP contribution in [0.2, 0.25) is 0 Å². The average Bonchev–Trinajstić information content (AvgIpc) is 2.93. The highest BCUT2D eigenvalue weighted by atomic mass is 16.5. The Kier molecular flexibility index (Phi) is 6.70. The van der Waals surface area contributed by atoms with Crippen molar-refractivity contribution >= 4 is 17.8 Å². The van der Waals surface area contributed by atoms with Gasteiger partial charge in [-0.05, 0) is 19.8 Å². The second-order valence-corrected chi connectivity index (χ2v) is 6.82. The van der Waals surface area contributed by atoms with Crippen LogP contribution in [0.4, 0.5) is 0 Å². The summed E-state index contributed by atoms with van der Waals surface area (Å²) in [6.45, 7) is 2.87. The molecule has 1 aromatic heterocycles. The maximum atomic E-state index is 11.8. The number of nitrogens with zero attached hydrogens (tertiary/aromatic N) is 2. The van der Waals surface area contributed by atoms with Crippen LogP contribution < -0.4 is 10.6 Å². The topological polar surface area (TPSA) is 134 Å². The summed E-state index contributed by atoms with van der Waals surface area (Å²) in [7, 11) is 0. The van der Waals surface area contributed by atoms with Gasteiger partial charge in [-0.2, -0.15) is 4.98 Å². The van der Waals surface area contributed by atoms with E-state index < -0.39 is 23.5 Å². The molecule has 1 aromatic rings. The molecule has 1 aliphatic rings. The highest BCUT2D eigenvalue weighted by Gasteiger charge is 2.38. The van der Waals surface area contributed by atoms with Crippen molar-refractivity contribution in [3.8, 4) is 0 Å². The molecule has 9 nitrogen and oxygen atoms in total. The minimum absolute atomic E-state index is 0.0480. The largest absolute Gasteiger partial charge is 0.480 e. The molecule has 0 aliphatic heterocycles. The summed E-state index contributed by atoms with van der Waals surface area (Å²) in [5.74, 6) is -0.883. The van der Waals surface area contributed by atoms with Crippen molar-refractivity contribution in [1.82, 2.24) is 20.8 Å². The first-order valence-corrected chi connectivity index (χ1v) is 8.96. The predicted octanol–water partition coefficient (Wildman–Crippen LogP) is 1.28. The number of rotatable bonds is 7.